The van der Waals surface area contributed by atoms with Gasteiger partial charge in [0.05, 0.1) is 11.4 Å². The molecule has 1 heterocycles. The van der Waals surface area contributed by atoms with Gasteiger partial charge in [0.15, 0.2) is 10.6 Å². The normalized spacial score (nSPS) is 11.7. The topological polar surface area (TPSA) is 54.6 Å². The number of aliphatic hydroxyl groups is 1. The number of thiazole rings is 1. The Labute approximate surface area is 150 Å². The summed E-state index contributed by atoms with van der Waals surface area (Å²) in [5.74, 6) is 0.0290. The van der Waals surface area contributed by atoms with E-state index in [1.54, 1.807) is 30.4 Å². The van der Waals surface area contributed by atoms with Gasteiger partial charge in [0.1, 0.15) is 0 Å². The second-order valence-corrected chi connectivity index (χ2v) is 6.55. The van der Waals surface area contributed by atoms with E-state index in [9.17, 15) is 9.90 Å². The van der Waals surface area contributed by atoms with Crippen LogP contribution in [0.3, 0.4) is 0 Å². The molecule has 0 radical (unpaired) electrons. The summed E-state index contributed by atoms with van der Waals surface area (Å²) in [5, 5.41) is 11.3. The first kappa shape index (κ1) is 17.3. The predicted octanol–water partition coefficient (Wildman–Crippen LogP) is 4.03. The van der Waals surface area contributed by atoms with Crippen LogP contribution in [0.25, 0.3) is 11.3 Å². The van der Waals surface area contributed by atoms with Gasteiger partial charge in [-0.25, -0.2) is 4.99 Å². The van der Waals surface area contributed by atoms with Gasteiger partial charge in [-0.2, -0.15) is 0 Å². The van der Waals surface area contributed by atoms with Gasteiger partial charge < -0.3 is 9.67 Å². The quantitative estimate of drug-likeness (QED) is 0.681. The lowest BCUT2D eigenvalue weighted by molar-refractivity contribution is 0.101. The average Bonchev–Trinajstić information content (AvgIpc) is 3.03. The van der Waals surface area contributed by atoms with Crippen LogP contribution in [-0.4, -0.2) is 22.1 Å². The number of nitrogens with zero attached hydrogens (tertiary/aromatic N) is 2. The summed E-state index contributed by atoms with van der Waals surface area (Å²) < 4.78 is 2.12. The van der Waals surface area contributed by atoms with Crippen LogP contribution in [0.1, 0.15) is 23.7 Å². The molecule has 3 aromatic rings. The first-order valence-electron chi connectivity index (χ1n) is 8.19. The van der Waals surface area contributed by atoms with Crippen LogP contribution in [0.15, 0.2) is 65.0 Å². The summed E-state index contributed by atoms with van der Waals surface area (Å²) in [6.45, 7) is 2.38. The second kappa shape index (κ2) is 8.05. The summed E-state index contributed by atoms with van der Waals surface area (Å²) in [5.41, 5.74) is 3.62. The molecule has 4 nitrogen and oxygen atoms in total. The van der Waals surface area contributed by atoms with Crippen LogP contribution >= 0.6 is 11.3 Å². The van der Waals surface area contributed by atoms with Gasteiger partial charge >= 0.3 is 0 Å². The van der Waals surface area contributed by atoms with Gasteiger partial charge in [-0.15, -0.1) is 11.3 Å². The van der Waals surface area contributed by atoms with Crippen LogP contribution in [0.2, 0.25) is 0 Å². The number of aromatic nitrogens is 1. The third-order valence-electron chi connectivity index (χ3n) is 3.88. The lowest BCUT2D eigenvalue weighted by Gasteiger charge is -2.08. The van der Waals surface area contributed by atoms with Crippen LogP contribution in [0.5, 0.6) is 0 Å². The summed E-state index contributed by atoms with van der Waals surface area (Å²) >= 11 is 1.56. The van der Waals surface area contributed by atoms with Crippen molar-refractivity contribution in [2.75, 3.05) is 6.61 Å². The number of hydrogen-bond donors (Lipinski definition) is 1. The van der Waals surface area contributed by atoms with E-state index in [-0.39, 0.29) is 12.4 Å². The molecule has 0 amide bonds. The molecule has 1 N–H and O–H groups in total. The first-order valence-corrected chi connectivity index (χ1v) is 9.07. The largest absolute Gasteiger partial charge is 0.396 e. The molecular weight excluding hydrogens is 332 g/mol. The summed E-state index contributed by atoms with van der Waals surface area (Å²) in [7, 11) is 0. The third kappa shape index (κ3) is 4.13. The fourth-order valence-electron chi connectivity index (χ4n) is 2.61. The summed E-state index contributed by atoms with van der Waals surface area (Å²) in [6.07, 6.45) is 0.664. The van der Waals surface area contributed by atoms with Gasteiger partial charge in [-0.3, -0.25) is 4.79 Å². The minimum absolute atomic E-state index is 0.0290. The molecule has 0 unspecified atom stereocenters. The lowest BCUT2D eigenvalue weighted by atomic mass is 10.1. The van der Waals surface area contributed by atoms with Crippen molar-refractivity contribution in [3.8, 4) is 11.3 Å². The molecule has 0 bridgehead atoms. The Bertz CT molecular complexity index is 926. The van der Waals surface area contributed by atoms with Crippen molar-refractivity contribution in [2.24, 2.45) is 4.99 Å². The zero-order valence-electron chi connectivity index (χ0n) is 14.1. The maximum Gasteiger partial charge on any atom is 0.190 e. The predicted molar refractivity (Wildman–Crippen MR) is 101 cm³/mol. The molecule has 0 saturated heterocycles. The zero-order chi connectivity index (χ0) is 17.6. The van der Waals surface area contributed by atoms with Crippen molar-refractivity contribution in [1.29, 1.82) is 0 Å². The van der Waals surface area contributed by atoms with Gasteiger partial charge in [-0.1, -0.05) is 42.5 Å². The SMILES string of the molecule is CC(=O)c1cccc(N=c2scc(-c3ccccc3)n2CCCO)c1. The van der Waals surface area contributed by atoms with E-state index in [4.69, 9.17) is 4.99 Å². The molecule has 0 aliphatic heterocycles. The van der Waals surface area contributed by atoms with E-state index in [0.29, 0.717) is 18.5 Å². The number of ketones is 1. The van der Waals surface area contributed by atoms with Gasteiger partial charge in [0.25, 0.3) is 0 Å². The minimum atomic E-state index is 0.0290. The maximum absolute atomic E-state index is 11.6. The van der Waals surface area contributed by atoms with E-state index in [1.165, 1.54) is 0 Å². The van der Waals surface area contributed by atoms with Crippen molar-refractivity contribution < 1.29 is 9.90 Å². The Morgan fingerprint density at radius 3 is 2.68 bits per heavy atom. The summed E-state index contributed by atoms with van der Waals surface area (Å²) in [4.78, 5) is 17.2. The van der Waals surface area contributed by atoms with Crippen molar-refractivity contribution in [1.82, 2.24) is 4.57 Å². The zero-order valence-corrected chi connectivity index (χ0v) is 14.9. The van der Waals surface area contributed by atoms with E-state index < -0.39 is 0 Å². The number of hydrogen-bond acceptors (Lipinski definition) is 4. The molecule has 5 heteroatoms. The Hall–Kier alpha value is -2.50. The van der Waals surface area contributed by atoms with Crippen LogP contribution in [0.4, 0.5) is 5.69 Å². The highest BCUT2D eigenvalue weighted by atomic mass is 32.1. The van der Waals surface area contributed by atoms with Gasteiger partial charge in [0, 0.05) is 24.1 Å². The van der Waals surface area contributed by atoms with E-state index in [1.807, 2.05) is 30.3 Å². The average molecular weight is 352 g/mol. The Morgan fingerprint density at radius 1 is 1.16 bits per heavy atom. The van der Waals surface area contributed by atoms with Crippen LogP contribution in [-0.2, 0) is 6.54 Å². The number of carbonyl (C=O) groups is 1. The van der Waals surface area contributed by atoms with Crippen molar-refractivity contribution in [2.45, 2.75) is 19.9 Å². The number of carbonyl (C=O) groups excluding carboxylic acids is 1. The van der Waals surface area contributed by atoms with Gasteiger partial charge in [0.2, 0.25) is 0 Å². The Morgan fingerprint density at radius 2 is 1.96 bits per heavy atom. The standard InChI is InChI=1S/C20H20N2O2S/c1-15(24)17-9-5-10-18(13-17)21-20-22(11-6-12-23)19(14-25-20)16-7-3-2-4-8-16/h2-5,7-10,13-14,23H,6,11-12H2,1H3. The number of benzene rings is 2. The molecule has 2 aromatic carbocycles. The first-order chi connectivity index (χ1) is 12.2. The number of aliphatic hydroxyl groups excluding tert-OH is 1. The smallest absolute Gasteiger partial charge is 0.190 e. The van der Waals surface area contributed by atoms with E-state index in [0.717, 1.165) is 21.7 Å². The molecule has 0 saturated carbocycles. The fraction of sp³-hybridized carbons (Fsp3) is 0.200. The van der Waals surface area contributed by atoms with Crippen molar-refractivity contribution in [3.05, 3.63) is 70.3 Å². The molecule has 1 aromatic heterocycles. The Kier molecular flexibility index (Phi) is 5.58. The van der Waals surface area contributed by atoms with Crippen molar-refractivity contribution in [3.63, 3.8) is 0 Å². The molecule has 3 rings (SSSR count). The monoisotopic (exact) mass is 352 g/mol. The fourth-order valence-corrected chi connectivity index (χ4v) is 3.56. The third-order valence-corrected chi connectivity index (χ3v) is 4.75. The highest BCUT2D eigenvalue weighted by Crippen LogP contribution is 2.21. The van der Waals surface area contributed by atoms with Crippen LogP contribution in [0, 0.1) is 0 Å². The number of rotatable bonds is 6. The molecule has 0 aliphatic carbocycles. The lowest BCUT2D eigenvalue weighted by Crippen LogP contribution is -2.16. The maximum atomic E-state index is 11.6. The Balaban J connectivity index is 2.08. The molecule has 0 atom stereocenters. The molecule has 0 spiro atoms. The second-order valence-electron chi connectivity index (χ2n) is 5.72. The van der Waals surface area contributed by atoms with E-state index in [2.05, 4.69) is 22.1 Å². The van der Waals surface area contributed by atoms with Crippen molar-refractivity contribution >= 4 is 22.8 Å². The molecule has 25 heavy (non-hydrogen) atoms. The highest BCUT2D eigenvalue weighted by Gasteiger charge is 2.08. The minimum Gasteiger partial charge on any atom is -0.396 e. The molecular formula is C20H20N2O2S. The van der Waals surface area contributed by atoms with E-state index >= 15 is 0 Å². The highest BCUT2D eigenvalue weighted by molar-refractivity contribution is 7.07. The molecule has 128 valence electrons. The number of Topliss-reactive ketones (excluding diaryl/α,β-unsaturated/α-hetero) is 1. The molecule has 0 aliphatic rings. The summed E-state index contributed by atoms with van der Waals surface area (Å²) in [6, 6.07) is 17.5. The van der Waals surface area contributed by atoms with Crippen LogP contribution < -0.4 is 4.80 Å². The van der Waals surface area contributed by atoms with Gasteiger partial charge in [-0.05, 0) is 31.0 Å². The molecule has 0 fully saturated rings.